The molecule has 3 aromatic rings. The number of esters is 1. The molecule has 0 spiro atoms. The van der Waals surface area contributed by atoms with E-state index in [0.717, 1.165) is 48.5 Å². The third-order valence-electron chi connectivity index (χ3n) is 11.1. The van der Waals surface area contributed by atoms with Crippen molar-refractivity contribution in [1.82, 2.24) is 10.6 Å². The van der Waals surface area contributed by atoms with Gasteiger partial charge in [-0.15, -0.1) is 0 Å². The molecular weight excluding hydrogens is 713 g/mol. The van der Waals surface area contributed by atoms with Crippen molar-refractivity contribution in [1.29, 1.82) is 0 Å². The maximum Gasteiger partial charge on any atom is 0.333 e. The quantitative estimate of drug-likeness (QED) is 0.0588. The topological polar surface area (TPSA) is 203 Å². The van der Waals surface area contributed by atoms with Crippen molar-refractivity contribution >= 4 is 16.9 Å². The number of aliphatic hydroxyl groups is 1. The zero-order chi connectivity index (χ0) is 40.1. The van der Waals surface area contributed by atoms with Gasteiger partial charge in [0.2, 0.25) is 0 Å². The number of carbonyl (C=O) groups excluding carboxylic acids is 1. The third-order valence-corrected chi connectivity index (χ3v) is 11.1. The first-order valence-electron chi connectivity index (χ1n) is 19.4. The lowest BCUT2D eigenvalue weighted by molar-refractivity contribution is -0.159. The van der Waals surface area contributed by atoms with Gasteiger partial charge in [-0.25, -0.2) is 4.79 Å². The minimum absolute atomic E-state index is 0.0125. The van der Waals surface area contributed by atoms with Gasteiger partial charge in [-0.3, -0.25) is 4.79 Å². The van der Waals surface area contributed by atoms with Crippen molar-refractivity contribution < 1.29 is 34.0 Å². The largest absolute Gasteiger partial charge is 0.508 e. The second kappa shape index (κ2) is 17.1. The summed E-state index contributed by atoms with van der Waals surface area (Å²) in [6, 6.07) is 8.07. The maximum atomic E-state index is 13.9. The fraction of sp³-hybridized carbons (Fsp3) is 0.409. The van der Waals surface area contributed by atoms with Crippen molar-refractivity contribution in [2.24, 2.45) is 17.4 Å². The SMILES string of the molecule is CC=C(C)C(=O)OC1Cc2c(c(C(Cc3cccc(O)c3)C3=CCNC(N)=C3)c3oc(CO)cc(=O)c3c2O)OC1(C)CC(CCCCC)C1=CNC(N)C=C1. The van der Waals surface area contributed by atoms with E-state index in [4.69, 9.17) is 25.4 Å². The summed E-state index contributed by atoms with van der Waals surface area (Å²) in [6.45, 7) is 7.40. The first-order valence-corrected chi connectivity index (χ1v) is 19.4. The fourth-order valence-electron chi connectivity index (χ4n) is 7.97. The van der Waals surface area contributed by atoms with Crippen molar-refractivity contribution in [3.63, 3.8) is 0 Å². The second-order valence-corrected chi connectivity index (χ2v) is 15.2. The smallest absolute Gasteiger partial charge is 0.333 e. The van der Waals surface area contributed by atoms with Gasteiger partial charge in [0.1, 0.15) is 52.3 Å². The van der Waals surface area contributed by atoms with E-state index in [9.17, 15) is 24.9 Å². The summed E-state index contributed by atoms with van der Waals surface area (Å²) in [7, 11) is 0. The third kappa shape index (κ3) is 8.51. The number of rotatable bonds is 14. The number of dihydropyridines is 2. The Morgan fingerprint density at radius 2 is 2.00 bits per heavy atom. The van der Waals surface area contributed by atoms with Gasteiger partial charge in [0.25, 0.3) is 0 Å². The summed E-state index contributed by atoms with van der Waals surface area (Å²) >= 11 is 0. The summed E-state index contributed by atoms with van der Waals surface area (Å²) in [6.07, 6.45) is 14.8. The van der Waals surface area contributed by atoms with Crippen LogP contribution in [0.5, 0.6) is 17.2 Å². The number of nitrogens with two attached hydrogens (primary N) is 2. The molecule has 0 radical (unpaired) electrons. The lowest BCUT2D eigenvalue weighted by Crippen LogP contribution is -2.53. The van der Waals surface area contributed by atoms with E-state index in [-0.39, 0.29) is 46.7 Å². The summed E-state index contributed by atoms with van der Waals surface area (Å²) in [5, 5.41) is 39.1. The summed E-state index contributed by atoms with van der Waals surface area (Å²) in [5.74, 6) is -0.657. The van der Waals surface area contributed by atoms with Crippen LogP contribution in [-0.4, -0.2) is 45.7 Å². The molecule has 298 valence electrons. The molecule has 0 aliphatic carbocycles. The normalized spacial score (nSPS) is 21.8. The molecule has 3 aliphatic rings. The molecule has 0 fully saturated rings. The average molecular weight is 767 g/mol. The molecule has 4 heterocycles. The lowest BCUT2D eigenvalue weighted by atomic mass is 9.75. The Kier molecular flexibility index (Phi) is 12.3. The van der Waals surface area contributed by atoms with E-state index in [2.05, 4.69) is 17.6 Å². The summed E-state index contributed by atoms with van der Waals surface area (Å²) in [5.41, 5.74) is 14.6. The first kappa shape index (κ1) is 40.2. The molecule has 0 bridgehead atoms. The highest BCUT2D eigenvalue weighted by atomic mass is 16.6. The Morgan fingerprint density at radius 1 is 1.20 bits per heavy atom. The van der Waals surface area contributed by atoms with Crippen LogP contribution >= 0.6 is 0 Å². The van der Waals surface area contributed by atoms with Crippen LogP contribution in [0.25, 0.3) is 11.0 Å². The van der Waals surface area contributed by atoms with E-state index >= 15 is 0 Å². The number of phenols is 2. The molecule has 6 rings (SSSR count). The van der Waals surface area contributed by atoms with Crippen molar-refractivity contribution in [3.05, 3.63) is 122 Å². The molecule has 9 N–H and O–H groups in total. The number of fused-ring (bicyclic) bond motifs is 2. The zero-order valence-electron chi connectivity index (χ0n) is 32.6. The van der Waals surface area contributed by atoms with Crippen LogP contribution in [0.15, 0.2) is 98.7 Å². The number of aromatic hydroxyl groups is 2. The molecule has 12 heteroatoms. The van der Waals surface area contributed by atoms with Gasteiger partial charge < -0.3 is 51.3 Å². The minimum Gasteiger partial charge on any atom is -0.508 e. The highest BCUT2D eigenvalue weighted by Gasteiger charge is 2.48. The fourth-order valence-corrected chi connectivity index (χ4v) is 7.97. The predicted molar refractivity (Wildman–Crippen MR) is 216 cm³/mol. The lowest BCUT2D eigenvalue weighted by Gasteiger charge is -2.45. The van der Waals surface area contributed by atoms with Crippen LogP contribution in [0.1, 0.15) is 88.2 Å². The van der Waals surface area contributed by atoms with Crippen molar-refractivity contribution in [3.8, 4) is 17.2 Å². The minimum atomic E-state index is -1.17. The molecular formula is C44H54N4O8. The number of phenolic OH excluding ortho intramolecular Hbond substituents is 2. The first-order chi connectivity index (χ1) is 26.8. The van der Waals surface area contributed by atoms with Crippen molar-refractivity contribution in [2.45, 2.75) is 103 Å². The number of hydrogen-bond donors (Lipinski definition) is 7. The van der Waals surface area contributed by atoms with Gasteiger partial charge in [-0.2, -0.15) is 0 Å². The number of unbranched alkanes of at least 4 members (excludes halogenated alkanes) is 2. The van der Waals surface area contributed by atoms with Gasteiger partial charge in [0.05, 0.1) is 12.0 Å². The van der Waals surface area contributed by atoms with Crippen LogP contribution in [0, 0.1) is 5.92 Å². The predicted octanol–water partition coefficient (Wildman–Crippen LogP) is 5.84. The summed E-state index contributed by atoms with van der Waals surface area (Å²) < 4.78 is 19.9. The highest BCUT2D eigenvalue weighted by Crippen LogP contribution is 2.52. The van der Waals surface area contributed by atoms with E-state index < -0.39 is 35.6 Å². The van der Waals surface area contributed by atoms with Gasteiger partial charge in [0, 0.05) is 47.8 Å². The number of nitrogens with one attached hydrogen (secondary N) is 2. The van der Waals surface area contributed by atoms with E-state index in [1.807, 2.05) is 43.5 Å². The molecule has 0 saturated heterocycles. The van der Waals surface area contributed by atoms with Crippen LogP contribution in [0.4, 0.5) is 0 Å². The Morgan fingerprint density at radius 3 is 2.68 bits per heavy atom. The molecule has 0 amide bonds. The van der Waals surface area contributed by atoms with Crippen LogP contribution in [0.2, 0.25) is 0 Å². The second-order valence-electron chi connectivity index (χ2n) is 15.2. The van der Waals surface area contributed by atoms with E-state index in [1.54, 1.807) is 38.1 Å². The molecule has 5 unspecified atom stereocenters. The van der Waals surface area contributed by atoms with Crippen molar-refractivity contribution in [2.75, 3.05) is 6.54 Å². The van der Waals surface area contributed by atoms with E-state index in [0.29, 0.717) is 47.7 Å². The molecule has 5 atom stereocenters. The Labute approximate surface area is 327 Å². The number of allylic oxidation sites excluding steroid dienone is 5. The molecule has 2 aromatic carbocycles. The number of hydrogen-bond acceptors (Lipinski definition) is 12. The van der Waals surface area contributed by atoms with Crippen LogP contribution in [-0.2, 0) is 29.0 Å². The number of ether oxygens (including phenoxy) is 2. The maximum absolute atomic E-state index is 13.9. The molecule has 0 saturated carbocycles. The van der Waals surface area contributed by atoms with Crippen LogP contribution in [0.3, 0.4) is 0 Å². The summed E-state index contributed by atoms with van der Waals surface area (Å²) in [4.78, 5) is 27.4. The van der Waals surface area contributed by atoms with Gasteiger partial charge in [-0.05, 0) is 86.9 Å². The standard InChI is InChI=1S/C44H54N4O8/c1-5-7-8-11-28(29-13-14-36(45)48-23-29)22-44(4)35(55-43(53)25(3)6-2)21-33-40(52)39-34(51)20-31(24-49)54-42(39)38(41(33)56-44)32(27-15-16-47-37(46)19-27)18-26-10-9-12-30(50)17-26/h6,9-10,12-15,17,19-20,23,28,32,35-36,47-50,52H,5,7-8,11,16,18,21-22,24,45-46H2,1-4H3. The molecule has 1 aromatic heterocycles. The van der Waals surface area contributed by atoms with Gasteiger partial charge in [-0.1, -0.05) is 56.5 Å². The highest BCUT2D eigenvalue weighted by molar-refractivity contribution is 5.92. The number of carbonyl (C=O) groups is 1. The van der Waals surface area contributed by atoms with Gasteiger partial charge >= 0.3 is 5.97 Å². The van der Waals surface area contributed by atoms with E-state index in [1.165, 1.54) is 0 Å². The Balaban J connectivity index is 1.61. The zero-order valence-corrected chi connectivity index (χ0v) is 32.6. The Hall–Kier alpha value is -5.46. The molecule has 12 nitrogen and oxygen atoms in total. The Bertz CT molecular complexity index is 2180. The monoisotopic (exact) mass is 766 g/mol. The molecule has 3 aliphatic heterocycles. The van der Waals surface area contributed by atoms with Gasteiger partial charge in [0.15, 0.2) is 5.43 Å². The number of benzene rings is 2. The van der Waals surface area contributed by atoms with Crippen LogP contribution < -0.4 is 32.3 Å². The average Bonchev–Trinajstić information content (AvgIpc) is 3.17. The molecule has 56 heavy (non-hydrogen) atoms. The number of aliphatic hydroxyl groups excluding tert-OH is 1.